The highest BCUT2D eigenvalue weighted by atomic mass is 16.7. The summed E-state index contributed by atoms with van der Waals surface area (Å²) in [7, 11) is 7.74. The average molecular weight is 352 g/mol. The highest BCUT2D eigenvalue weighted by Crippen LogP contribution is 2.28. The van der Waals surface area contributed by atoms with Crippen LogP contribution in [0.1, 0.15) is 0 Å². The van der Waals surface area contributed by atoms with Crippen molar-refractivity contribution < 1.29 is 43.0 Å². The molecule has 0 bridgehead atoms. The van der Waals surface area contributed by atoms with Gasteiger partial charge in [0.05, 0.1) is 13.2 Å². The monoisotopic (exact) mass is 352 g/mol. The summed E-state index contributed by atoms with van der Waals surface area (Å²) in [5.41, 5.74) is 0. The Kier molecular flexibility index (Phi) is 7.79. The normalized spacial score (nSPS) is 43.8. The van der Waals surface area contributed by atoms with Crippen LogP contribution >= 0.6 is 0 Å². The largest absolute Gasteiger partial charge is 0.376 e. The second kappa shape index (κ2) is 9.37. The standard InChI is InChI=1S/C15H28O9/c1-17-8-7-23-15(13(21-5)10(8)19-3)24-11-9(18-2)6-22-14(16)12(11)20-4/h8-16H,6-7H2,1-5H3/t8-,9?,10+,11?,12?,13+,14?,15-/m1/s1. The van der Waals surface area contributed by atoms with Crippen LogP contribution in [0.2, 0.25) is 0 Å². The Morgan fingerprint density at radius 1 is 0.667 bits per heavy atom. The van der Waals surface area contributed by atoms with Gasteiger partial charge in [-0.2, -0.15) is 0 Å². The van der Waals surface area contributed by atoms with Crippen LogP contribution in [0, 0.1) is 0 Å². The van der Waals surface area contributed by atoms with E-state index in [2.05, 4.69) is 0 Å². The summed E-state index contributed by atoms with van der Waals surface area (Å²) in [5.74, 6) is 0. The molecule has 0 aromatic rings. The third kappa shape index (κ3) is 4.06. The molecule has 2 rings (SSSR count). The molecule has 8 atom stereocenters. The fourth-order valence-corrected chi connectivity index (χ4v) is 3.13. The first-order chi connectivity index (χ1) is 11.6. The molecule has 0 saturated carbocycles. The van der Waals surface area contributed by atoms with Gasteiger partial charge in [0.2, 0.25) is 0 Å². The van der Waals surface area contributed by atoms with Crippen LogP contribution in [0.25, 0.3) is 0 Å². The molecule has 0 amide bonds. The lowest BCUT2D eigenvalue weighted by molar-refractivity contribution is -0.338. The van der Waals surface area contributed by atoms with Crippen molar-refractivity contribution in [3.8, 4) is 0 Å². The second-order valence-corrected chi connectivity index (χ2v) is 5.68. The van der Waals surface area contributed by atoms with Gasteiger partial charge in [-0.1, -0.05) is 0 Å². The van der Waals surface area contributed by atoms with Crippen molar-refractivity contribution in [2.45, 2.75) is 49.2 Å². The molecule has 1 N–H and O–H groups in total. The Morgan fingerprint density at radius 2 is 1.21 bits per heavy atom. The summed E-state index contributed by atoms with van der Waals surface area (Å²) in [5, 5.41) is 9.98. The summed E-state index contributed by atoms with van der Waals surface area (Å²) < 4.78 is 44.2. The van der Waals surface area contributed by atoms with Gasteiger partial charge in [0.1, 0.15) is 36.6 Å². The van der Waals surface area contributed by atoms with Crippen molar-refractivity contribution >= 4 is 0 Å². The number of aliphatic hydroxyl groups excluding tert-OH is 1. The number of methoxy groups -OCH3 is 5. The molecule has 4 unspecified atom stereocenters. The van der Waals surface area contributed by atoms with E-state index in [4.69, 9.17) is 37.9 Å². The maximum Gasteiger partial charge on any atom is 0.187 e. The lowest BCUT2D eigenvalue weighted by Crippen LogP contribution is -2.61. The van der Waals surface area contributed by atoms with E-state index < -0.39 is 37.0 Å². The fourth-order valence-electron chi connectivity index (χ4n) is 3.13. The molecule has 9 nitrogen and oxygen atoms in total. The quantitative estimate of drug-likeness (QED) is 0.629. The highest BCUT2D eigenvalue weighted by molar-refractivity contribution is 4.90. The summed E-state index contributed by atoms with van der Waals surface area (Å²) >= 11 is 0. The van der Waals surface area contributed by atoms with Crippen LogP contribution in [0.3, 0.4) is 0 Å². The second-order valence-electron chi connectivity index (χ2n) is 5.68. The molecule has 9 heteroatoms. The van der Waals surface area contributed by atoms with Crippen molar-refractivity contribution in [2.75, 3.05) is 48.8 Å². The molecule has 2 aliphatic rings. The van der Waals surface area contributed by atoms with Gasteiger partial charge < -0.3 is 43.0 Å². The van der Waals surface area contributed by atoms with Gasteiger partial charge in [0, 0.05) is 35.5 Å². The van der Waals surface area contributed by atoms with Gasteiger partial charge in [-0.25, -0.2) is 0 Å². The number of aliphatic hydroxyl groups is 1. The third-order valence-electron chi connectivity index (χ3n) is 4.50. The highest BCUT2D eigenvalue weighted by Gasteiger charge is 2.48. The van der Waals surface area contributed by atoms with Gasteiger partial charge in [-0.05, 0) is 0 Å². The van der Waals surface area contributed by atoms with Crippen LogP contribution in [0.15, 0.2) is 0 Å². The van der Waals surface area contributed by atoms with E-state index in [1.54, 1.807) is 28.4 Å². The van der Waals surface area contributed by atoms with E-state index in [0.29, 0.717) is 6.61 Å². The number of hydrogen-bond acceptors (Lipinski definition) is 9. The summed E-state index contributed by atoms with van der Waals surface area (Å²) in [6.45, 7) is 0.474. The van der Waals surface area contributed by atoms with Crippen molar-refractivity contribution in [1.29, 1.82) is 0 Å². The molecule has 0 aromatic heterocycles. The minimum atomic E-state index is -1.11. The van der Waals surface area contributed by atoms with E-state index in [0.717, 1.165) is 0 Å². The molecule has 2 fully saturated rings. The maximum absolute atomic E-state index is 9.98. The van der Waals surface area contributed by atoms with Crippen LogP contribution in [-0.2, 0) is 37.9 Å². The molecule has 0 aromatic carbocycles. The lowest BCUT2D eigenvalue weighted by Gasteiger charge is -2.45. The molecule has 0 spiro atoms. The van der Waals surface area contributed by atoms with Gasteiger partial charge in [-0.3, -0.25) is 0 Å². The Balaban J connectivity index is 2.13. The summed E-state index contributed by atoms with van der Waals surface area (Å²) in [4.78, 5) is 0. The maximum atomic E-state index is 9.98. The van der Waals surface area contributed by atoms with Crippen molar-refractivity contribution in [3.63, 3.8) is 0 Å². The molecule has 2 heterocycles. The van der Waals surface area contributed by atoms with E-state index in [1.807, 2.05) is 0 Å². The van der Waals surface area contributed by atoms with E-state index in [9.17, 15) is 5.11 Å². The topological polar surface area (TPSA) is 94.1 Å². The predicted molar refractivity (Wildman–Crippen MR) is 80.6 cm³/mol. The van der Waals surface area contributed by atoms with Gasteiger partial charge in [0.25, 0.3) is 0 Å². The van der Waals surface area contributed by atoms with Crippen LogP contribution in [-0.4, -0.2) is 103 Å². The zero-order valence-corrected chi connectivity index (χ0v) is 14.7. The van der Waals surface area contributed by atoms with Crippen LogP contribution in [0.5, 0.6) is 0 Å². The SMILES string of the molecule is COC1COC(O)C(OC)C1O[C@H]1OC[C@@H](OC)[C@H](OC)[C@@H]1OC. The van der Waals surface area contributed by atoms with Crippen LogP contribution in [0.4, 0.5) is 0 Å². The number of rotatable bonds is 7. The Hall–Kier alpha value is -0.360. The lowest BCUT2D eigenvalue weighted by atomic mass is 10.0. The first-order valence-corrected chi connectivity index (χ1v) is 7.81. The Labute approximate surface area is 142 Å². The smallest absolute Gasteiger partial charge is 0.187 e. The number of hydrogen-bond donors (Lipinski definition) is 1. The third-order valence-corrected chi connectivity index (χ3v) is 4.50. The van der Waals surface area contributed by atoms with E-state index in [1.165, 1.54) is 7.11 Å². The van der Waals surface area contributed by atoms with Crippen molar-refractivity contribution in [2.24, 2.45) is 0 Å². The van der Waals surface area contributed by atoms with Gasteiger partial charge >= 0.3 is 0 Å². The molecule has 0 aliphatic carbocycles. The summed E-state index contributed by atoms with van der Waals surface area (Å²) in [6, 6.07) is 0. The molecular weight excluding hydrogens is 324 g/mol. The van der Waals surface area contributed by atoms with Crippen LogP contribution < -0.4 is 0 Å². The molecule has 2 aliphatic heterocycles. The fraction of sp³-hybridized carbons (Fsp3) is 1.00. The Bertz CT molecular complexity index is 369. The van der Waals surface area contributed by atoms with E-state index in [-0.39, 0.29) is 18.8 Å². The van der Waals surface area contributed by atoms with Crippen molar-refractivity contribution in [1.82, 2.24) is 0 Å². The average Bonchev–Trinajstić information content (AvgIpc) is 2.61. The van der Waals surface area contributed by atoms with Crippen molar-refractivity contribution in [3.05, 3.63) is 0 Å². The minimum absolute atomic E-state index is 0.182. The van der Waals surface area contributed by atoms with E-state index >= 15 is 0 Å². The molecule has 0 radical (unpaired) electrons. The minimum Gasteiger partial charge on any atom is -0.376 e. The number of ether oxygens (including phenoxy) is 8. The zero-order chi connectivity index (χ0) is 17.7. The molecule has 142 valence electrons. The molecule has 2 saturated heterocycles. The van der Waals surface area contributed by atoms with Gasteiger partial charge in [-0.15, -0.1) is 0 Å². The summed E-state index contributed by atoms with van der Waals surface area (Å²) in [6.07, 6.45) is -4.70. The molecular formula is C15H28O9. The van der Waals surface area contributed by atoms with Gasteiger partial charge in [0.15, 0.2) is 12.6 Å². The first kappa shape index (κ1) is 20.0. The molecule has 24 heavy (non-hydrogen) atoms. The zero-order valence-electron chi connectivity index (χ0n) is 14.7. The first-order valence-electron chi connectivity index (χ1n) is 7.81. The Morgan fingerprint density at radius 3 is 1.75 bits per heavy atom. The predicted octanol–water partition coefficient (Wildman–Crippen LogP) is -0.848.